The number of hydrogen-bond donors (Lipinski definition) is 1. The Bertz CT molecular complexity index is 722. The van der Waals surface area contributed by atoms with Crippen molar-refractivity contribution < 1.29 is 19.1 Å². The van der Waals surface area contributed by atoms with E-state index < -0.39 is 0 Å². The van der Waals surface area contributed by atoms with Crippen LogP contribution in [0.15, 0.2) is 46.1 Å². The maximum atomic E-state index is 11.8. The quantitative estimate of drug-likeness (QED) is 0.945. The number of amides is 1. The molecule has 2 aromatic rings. The van der Waals surface area contributed by atoms with E-state index in [9.17, 15) is 9.90 Å². The summed E-state index contributed by atoms with van der Waals surface area (Å²) >= 11 is 0. The summed E-state index contributed by atoms with van der Waals surface area (Å²) < 4.78 is 10.5. The first kappa shape index (κ1) is 14.2. The topological polar surface area (TPSA) is 75.3 Å². The van der Waals surface area contributed by atoms with Crippen LogP contribution in [-0.4, -0.2) is 28.8 Å². The van der Waals surface area contributed by atoms with Gasteiger partial charge in [-0.05, 0) is 30.3 Å². The molecule has 1 aliphatic heterocycles. The van der Waals surface area contributed by atoms with Gasteiger partial charge in [-0.2, -0.15) is 5.10 Å². The number of benzene rings is 1. The van der Waals surface area contributed by atoms with E-state index in [-0.39, 0.29) is 17.7 Å². The molecule has 1 aromatic heterocycles. The molecular formula is C16H16N2O4. The molecule has 0 spiro atoms. The summed E-state index contributed by atoms with van der Waals surface area (Å²) in [5.74, 6) is 0.980. The minimum absolute atomic E-state index is 0.0656. The Labute approximate surface area is 127 Å². The van der Waals surface area contributed by atoms with Gasteiger partial charge in [-0.1, -0.05) is 0 Å². The van der Waals surface area contributed by atoms with Gasteiger partial charge in [0.1, 0.15) is 11.8 Å². The van der Waals surface area contributed by atoms with Crippen molar-refractivity contribution in [2.45, 2.75) is 19.4 Å². The van der Waals surface area contributed by atoms with Crippen molar-refractivity contribution in [3.8, 4) is 11.5 Å². The first-order valence-corrected chi connectivity index (χ1v) is 6.88. The standard InChI is InChI=1S/C16H16N2O4/c1-10(19)18-13(15-4-3-7-22-15)9-12(17-18)11-5-6-14(20)16(8-11)21-2/h3-8,13,20H,9H2,1-2H3. The van der Waals surface area contributed by atoms with Crippen LogP contribution in [0.2, 0.25) is 0 Å². The summed E-state index contributed by atoms with van der Waals surface area (Å²) in [6, 6.07) is 8.37. The number of furan rings is 1. The predicted molar refractivity (Wildman–Crippen MR) is 79.8 cm³/mol. The van der Waals surface area contributed by atoms with Gasteiger partial charge in [0.05, 0.1) is 19.1 Å². The third-order valence-corrected chi connectivity index (χ3v) is 3.62. The van der Waals surface area contributed by atoms with Gasteiger partial charge < -0.3 is 14.3 Å². The maximum absolute atomic E-state index is 11.8. The molecule has 1 N–H and O–H groups in total. The molecule has 0 aliphatic carbocycles. The molecular weight excluding hydrogens is 284 g/mol. The van der Waals surface area contributed by atoms with E-state index >= 15 is 0 Å². The highest BCUT2D eigenvalue weighted by molar-refractivity contribution is 6.03. The Morgan fingerprint density at radius 3 is 2.91 bits per heavy atom. The molecule has 0 saturated heterocycles. The smallest absolute Gasteiger partial charge is 0.240 e. The van der Waals surface area contributed by atoms with Gasteiger partial charge in [0.15, 0.2) is 11.5 Å². The lowest BCUT2D eigenvalue weighted by atomic mass is 10.0. The molecule has 6 nitrogen and oxygen atoms in total. The van der Waals surface area contributed by atoms with Crippen LogP contribution in [0.5, 0.6) is 11.5 Å². The summed E-state index contributed by atoms with van der Waals surface area (Å²) in [6.45, 7) is 1.47. The monoisotopic (exact) mass is 300 g/mol. The molecule has 1 unspecified atom stereocenters. The van der Waals surface area contributed by atoms with Gasteiger partial charge in [0.25, 0.3) is 0 Å². The van der Waals surface area contributed by atoms with Crippen molar-refractivity contribution in [2.24, 2.45) is 5.10 Å². The number of carbonyl (C=O) groups excluding carboxylic acids is 1. The Balaban J connectivity index is 1.95. The fourth-order valence-corrected chi connectivity index (χ4v) is 2.53. The van der Waals surface area contributed by atoms with Gasteiger partial charge in [-0.25, -0.2) is 5.01 Å². The second kappa shape index (κ2) is 5.55. The summed E-state index contributed by atoms with van der Waals surface area (Å²) in [6.07, 6.45) is 2.12. The number of hydrogen-bond acceptors (Lipinski definition) is 5. The Morgan fingerprint density at radius 1 is 1.45 bits per heavy atom. The zero-order valence-electron chi connectivity index (χ0n) is 12.3. The Kier molecular flexibility index (Phi) is 3.58. The van der Waals surface area contributed by atoms with Gasteiger partial charge in [-0.15, -0.1) is 0 Å². The first-order valence-electron chi connectivity index (χ1n) is 6.88. The van der Waals surface area contributed by atoms with Crippen LogP contribution in [-0.2, 0) is 4.79 Å². The average Bonchev–Trinajstić information content (AvgIpc) is 3.16. The van der Waals surface area contributed by atoms with Crippen LogP contribution >= 0.6 is 0 Å². The number of phenolic OH excluding ortho intramolecular Hbond substituents is 1. The van der Waals surface area contributed by atoms with Crippen molar-refractivity contribution in [1.29, 1.82) is 0 Å². The van der Waals surface area contributed by atoms with Crippen LogP contribution in [0, 0.1) is 0 Å². The van der Waals surface area contributed by atoms with E-state index in [2.05, 4.69) is 5.10 Å². The van der Waals surface area contributed by atoms with Gasteiger partial charge in [0, 0.05) is 18.9 Å². The van der Waals surface area contributed by atoms with E-state index in [0.717, 1.165) is 11.3 Å². The zero-order valence-corrected chi connectivity index (χ0v) is 12.3. The number of carbonyl (C=O) groups is 1. The second-order valence-corrected chi connectivity index (χ2v) is 5.03. The molecule has 0 fully saturated rings. The Hall–Kier alpha value is -2.76. The molecule has 22 heavy (non-hydrogen) atoms. The SMILES string of the molecule is COc1cc(C2=NN(C(C)=O)C(c3ccco3)C2)ccc1O. The summed E-state index contributed by atoms with van der Waals surface area (Å²) in [5.41, 5.74) is 1.55. The van der Waals surface area contributed by atoms with Crippen molar-refractivity contribution in [3.05, 3.63) is 47.9 Å². The fraction of sp³-hybridized carbons (Fsp3) is 0.250. The number of methoxy groups -OCH3 is 1. The molecule has 0 saturated carbocycles. The number of hydrazone groups is 1. The molecule has 2 heterocycles. The normalized spacial score (nSPS) is 17.5. The molecule has 1 aliphatic rings. The maximum Gasteiger partial charge on any atom is 0.240 e. The summed E-state index contributed by atoms with van der Waals surface area (Å²) in [4.78, 5) is 11.8. The number of aromatic hydroxyl groups is 1. The van der Waals surface area contributed by atoms with Crippen LogP contribution in [0.25, 0.3) is 0 Å². The molecule has 3 rings (SSSR count). The third-order valence-electron chi connectivity index (χ3n) is 3.62. The van der Waals surface area contributed by atoms with Crippen LogP contribution in [0.4, 0.5) is 0 Å². The lowest BCUT2D eigenvalue weighted by Gasteiger charge is -2.17. The molecule has 1 amide bonds. The van der Waals surface area contributed by atoms with Crippen molar-refractivity contribution in [2.75, 3.05) is 7.11 Å². The van der Waals surface area contributed by atoms with Crippen molar-refractivity contribution in [3.63, 3.8) is 0 Å². The van der Waals surface area contributed by atoms with E-state index in [4.69, 9.17) is 9.15 Å². The van der Waals surface area contributed by atoms with Crippen LogP contribution < -0.4 is 4.74 Å². The van der Waals surface area contributed by atoms with E-state index in [0.29, 0.717) is 17.9 Å². The lowest BCUT2D eigenvalue weighted by Crippen LogP contribution is -2.23. The number of phenols is 1. The fourth-order valence-electron chi connectivity index (χ4n) is 2.53. The zero-order chi connectivity index (χ0) is 15.7. The van der Waals surface area contributed by atoms with Gasteiger partial charge in [-0.3, -0.25) is 4.79 Å². The highest BCUT2D eigenvalue weighted by atomic mass is 16.5. The number of nitrogens with zero attached hydrogens (tertiary/aromatic N) is 2. The van der Waals surface area contributed by atoms with E-state index in [1.807, 2.05) is 6.07 Å². The van der Waals surface area contributed by atoms with Crippen molar-refractivity contribution >= 4 is 11.6 Å². The van der Waals surface area contributed by atoms with Gasteiger partial charge >= 0.3 is 0 Å². The molecule has 6 heteroatoms. The highest BCUT2D eigenvalue weighted by Gasteiger charge is 2.33. The van der Waals surface area contributed by atoms with E-state index in [1.165, 1.54) is 19.0 Å². The Morgan fingerprint density at radius 2 is 2.27 bits per heavy atom. The molecule has 114 valence electrons. The first-order chi connectivity index (χ1) is 10.6. The predicted octanol–water partition coefficient (Wildman–Crippen LogP) is 2.69. The number of rotatable bonds is 3. The van der Waals surface area contributed by atoms with E-state index in [1.54, 1.807) is 30.5 Å². The molecule has 1 atom stereocenters. The van der Waals surface area contributed by atoms with Gasteiger partial charge in [0.2, 0.25) is 5.91 Å². The second-order valence-electron chi connectivity index (χ2n) is 5.03. The minimum Gasteiger partial charge on any atom is -0.504 e. The molecule has 1 aromatic carbocycles. The lowest BCUT2D eigenvalue weighted by molar-refractivity contribution is -0.130. The average molecular weight is 300 g/mol. The highest BCUT2D eigenvalue weighted by Crippen LogP contribution is 2.35. The molecule has 0 radical (unpaired) electrons. The summed E-state index contributed by atoms with van der Waals surface area (Å²) in [7, 11) is 1.49. The minimum atomic E-state index is -0.248. The summed E-state index contributed by atoms with van der Waals surface area (Å²) in [5, 5.41) is 15.5. The molecule has 0 bridgehead atoms. The van der Waals surface area contributed by atoms with Crippen LogP contribution in [0.1, 0.15) is 30.7 Å². The van der Waals surface area contributed by atoms with Crippen molar-refractivity contribution in [1.82, 2.24) is 5.01 Å². The number of ether oxygens (including phenoxy) is 1. The largest absolute Gasteiger partial charge is 0.504 e. The van der Waals surface area contributed by atoms with Crippen LogP contribution in [0.3, 0.4) is 0 Å². The third kappa shape index (κ3) is 2.43.